The molecule has 1 fully saturated rings. The fourth-order valence-electron chi connectivity index (χ4n) is 3.23. The highest BCUT2D eigenvalue weighted by atomic mass is 16.7. The highest BCUT2D eigenvalue weighted by Gasteiger charge is 2.48. The second-order valence-electron chi connectivity index (χ2n) is 5.85. The van der Waals surface area contributed by atoms with Crippen LogP contribution in [0.3, 0.4) is 0 Å². The average molecular weight is 289 g/mol. The summed E-state index contributed by atoms with van der Waals surface area (Å²) in [4.78, 5) is 12.4. The van der Waals surface area contributed by atoms with Crippen molar-refractivity contribution in [3.05, 3.63) is 40.1 Å². The first-order chi connectivity index (χ1) is 9.94. The number of amides is 1. The van der Waals surface area contributed by atoms with Gasteiger partial charge in [0.15, 0.2) is 0 Å². The first-order valence-corrected chi connectivity index (χ1v) is 6.94. The third-order valence-electron chi connectivity index (χ3n) is 4.06. The van der Waals surface area contributed by atoms with Crippen molar-refractivity contribution in [3.63, 3.8) is 0 Å². The number of rotatable bonds is 1. The minimum Gasteiger partial charge on any atom is -0.509 e. The van der Waals surface area contributed by atoms with Crippen LogP contribution < -0.4 is 5.32 Å². The Hall–Kier alpha value is -1.85. The van der Waals surface area contributed by atoms with Crippen LogP contribution in [0.5, 0.6) is 0 Å². The maximum absolute atomic E-state index is 12.4. The van der Waals surface area contributed by atoms with E-state index >= 15 is 0 Å². The first-order valence-electron chi connectivity index (χ1n) is 6.94. The zero-order chi connectivity index (χ0) is 15.2. The third-order valence-corrected chi connectivity index (χ3v) is 4.06. The van der Waals surface area contributed by atoms with Crippen LogP contribution in [-0.2, 0) is 14.3 Å². The quantitative estimate of drug-likeness (QED) is 0.826. The second kappa shape index (κ2) is 4.86. The summed E-state index contributed by atoms with van der Waals surface area (Å²) in [5.41, 5.74) is 3.25. The predicted molar refractivity (Wildman–Crippen MR) is 77.8 cm³/mol. The molecule has 0 radical (unpaired) electrons. The molecule has 0 unspecified atom stereocenters. The molecule has 2 aliphatic rings. The lowest BCUT2D eigenvalue weighted by Gasteiger charge is -2.32. The van der Waals surface area contributed by atoms with Gasteiger partial charge in [-0.15, -0.1) is 0 Å². The Labute approximate surface area is 123 Å². The number of nitrogens with one attached hydrogen (secondary N) is 1. The van der Waals surface area contributed by atoms with Gasteiger partial charge in [-0.05, 0) is 37.5 Å². The largest absolute Gasteiger partial charge is 0.509 e. The molecule has 112 valence electrons. The highest BCUT2D eigenvalue weighted by Crippen LogP contribution is 2.36. The molecule has 21 heavy (non-hydrogen) atoms. The van der Waals surface area contributed by atoms with E-state index in [9.17, 15) is 9.90 Å². The number of aliphatic hydroxyl groups excluding tert-OH is 1. The number of aliphatic hydroxyl groups is 1. The molecule has 5 heteroatoms. The molecule has 2 heterocycles. The van der Waals surface area contributed by atoms with E-state index in [0.29, 0.717) is 5.57 Å². The molecule has 0 bridgehead atoms. The molecule has 1 spiro atoms. The van der Waals surface area contributed by atoms with Gasteiger partial charge in [0.05, 0.1) is 18.8 Å². The lowest BCUT2D eigenvalue weighted by molar-refractivity contribution is -0.144. The van der Waals surface area contributed by atoms with Gasteiger partial charge in [0.2, 0.25) is 0 Å². The van der Waals surface area contributed by atoms with E-state index in [0.717, 1.165) is 22.3 Å². The summed E-state index contributed by atoms with van der Waals surface area (Å²) in [5, 5.41) is 13.5. The lowest BCUT2D eigenvalue weighted by atomic mass is 9.91. The summed E-state index contributed by atoms with van der Waals surface area (Å²) in [7, 11) is 0. The van der Waals surface area contributed by atoms with E-state index < -0.39 is 5.54 Å². The van der Waals surface area contributed by atoms with Crippen molar-refractivity contribution >= 4 is 11.5 Å². The summed E-state index contributed by atoms with van der Waals surface area (Å²) in [6.07, 6.45) is 0. The number of ether oxygens (including phenoxy) is 2. The lowest BCUT2D eigenvalue weighted by Crippen LogP contribution is -2.55. The topological polar surface area (TPSA) is 67.8 Å². The molecule has 1 aromatic carbocycles. The summed E-state index contributed by atoms with van der Waals surface area (Å²) >= 11 is 0. The number of aryl methyl sites for hydroxylation is 3. The van der Waals surface area contributed by atoms with E-state index in [4.69, 9.17) is 9.47 Å². The molecule has 3 rings (SSSR count). The minimum absolute atomic E-state index is 0.0160. The Morgan fingerprint density at radius 1 is 1.14 bits per heavy atom. The fourth-order valence-corrected chi connectivity index (χ4v) is 3.23. The van der Waals surface area contributed by atoms with Gasteiger partial charge in [-0.1, -0.05) is 17.7 Å². The van der Waals surface area contributed by atoms with E-state index in [1.807, 2.05) is 32.9 Å². The van der Waals surface area contributed by atoms with E-state index in [1.54, 1.807) is 0 Å². The minimum atomic E-state index is -0.950. The summed E-state index contributed by atoms with van der Waals surface area (Å²) in [5.74, 6) is -0.265. The first kappa shape index (κ1) is 14.1. The van der Waals surface area contributed by atoms with Crippen LogP contribution in [0.1, 0.15) is 22.3 Å². The van der Waals surface area contributed by atoms with Gasteiger partial charge in [0, 0.05) is 0 Å². The van der Waals surface area contributed by atoms with Crippen molar-refractivity contribution < 1.29 is 19.4 Å². The molecule has 0 aromatic heterocycles. The number of hydrogen-bond donors (Lipinski definition) is 2. The summed E-state index contributed by atoms with van der Waals surface area (Å²) < 4.78 is 10.5. The molecular formula is C16H19NO4. The molecule has 1 saturated heterocycles. The smallest absolute Gasteiger partial charge is 0.256 e. The molecule has 0 aliphatic carbocycles. The third kappa shape index (κ3) is 2.13. The van der Waals surface area contributed by atoms with Crippen molar-refractivity contribution in [2.45, 2.75) is 26.3 Å². The average Bonchev–Trinajstić information content (AvgIpc) is 2.63. The maximum atomic E-state index is 12.4. The van der Waals surface area contributed by atoms with Gasteiger partial charge in [-0.25, -0.2) is 0 Å². The summed E-state index contributed by atoms with van der Waals surface area (Å²) in [6.45, 7) is 6.53. The van der Waals surface area contributed by atoms with E-state index in [-0.39, 0.29) is 31.7 Å². The number of hydrogen-bond acceptors (Lipinski definition) is 4. The molecule has 0 saturated carbocycles. The summed E-state index contributed by atoms with van der Waals surface area (Å²) in [6, 6.07) is 4.02. The van der Waals surface area contributed by atoms with Crippen molar-refractivity contribution in [2.75, 3.05) is 20.0 Å². The van der Waals surface area contributed by atoms with Crippen LogP contribution in [0.2, 0.25) is 0 Å². The van der Waals surface area contributed by atoms with Gasteiger partial charge < -0.3 is 19.9 Å². The van der Waals surface area contributed by atoms with Crippen LogP contribution in [0.4, 0.5) is 0 Å². The zero-order valence-electron chi connectivity index (χ0n) is 12.4. The Balaban J connectivity index is 2.15. The van der Waals surface area contributed by atoms with E-state index in [1.165, 1.54) is 0 Å². The molecular weight excluding hydrogens is 270 g/mol. The molecule has 2 aliphatic heterocycles. The van der Waals surface area contributed by atoms with Gasteiger partial charge in [-0.2, -0.15) is 0 Å². The Kier molecular flexibility index (Phi) is 3.26. The van der Waals surface area contributed by atoms with Crippen LogP contribution in [0.25, 0.3) is 5.57 Å². The van der Waals surface area contributed by atoms with Crippen LogP contribution in [-0.4, -0.2) is 36.6 Å². The predicted octanol–water partition coefficient (Wildman–Crippen LogP) is 1.75. The standard InChI is InChI=1S/C16H19NO4/c1-9-4-10(2)12(11(3)5-9)13-14(18)16(17-15(13)19)6-20-8-21-7-16/h4-5,18H,6-8H2,1-3H3,(H,17,19). The maximum Gasteiger partial charge on any atom is 0.256 e. The van der Waals surface area contributed by atoms with Crippen LogP contribution >= 0.6 is 0 Å². The normalized spacial score (nSPS) is 21.0. The zero-order valence-corrected chi connectivity index (χ0v) is 12.4. The van der Waals surface area contributed by atoms with Gasteiger partial charge in [-0.3, -0.25) is 4.79 Å². The molecule has 0 atom stereocenters. The molecule has 1 aromatic rings. The number of carbonyl (C=O) groups is 1. The van der Waals surface area contributed by atoms with Gasteiger partial charge >= 0.3 is 0 Å². The number of benzene rings is 1. The fraction of sp³-hybridized carbons (Fsp3) is 0.438. The van der Waals surface area contributed by atoms with Crippen molar-refractivity contribution in [1.82, 2.24) is 5.32 Å². The number of carbonyl (C=O) groups excluding carboxylic acids is 1. The van der Waals surface area contributed by atoms with Crippen LogP contribution in [0.15, 0.2) is 17.9 Å². The van der Waals surface area contributed by atoms with Crippen molar-refractivity contribution in [1.29, 1.82) is 0 Å². The van der Waals surface area contributed by atoms with Gasteiger partial charge in [0.25, 0.3) is 5.91 Å². The second-order valence-corrected chi connectivity index (χ2v) is 5.85. The Bertz CT molecular complexity index is 619. The highest BCUT2D eigenvalue weighted by molar-refractivity contribution is 6.24. The van der Waals surface area contributed by atoms with Crippen molar-refractivity contribution in [2.24, 2.45) is 0 Å². The van der Waals surface area contributed by atoms with E-state index in [2.05, 4.69) is 5.32 Å². The molecule has 5 nitrogen and oxygen atoms in total. The Morgan fingerprint density at radius 2 is 1.71 bits per heavy atom. The molecule has 1 amide bonds. The van der Waals surface area contributed by atoms with Crippen LogP contribution in [0, 0.1) is 20.8 Å². The van der Waals surface area contributed by atoms with Crippen molar-refractivity contribution in [3.8, 4) is 0 Å². The van der Waals surface area contributed by atoms with Gasteiger partial charge in [0.1, 0.15) is 18.1 Å². The Morgan fingerprint density at radius 3 is 2.29 bits per heavy atom. The monoisotopic (exact) mass is 289 g/mol. The SMILES string of the molecule is Cc1cc(C)c(C2=C(O)C3(COCOC3)NC2=O)c(C)c1. The molecule has 2 N–H and O–H groups in total.